The normalized spacial score (nSPS) is 9.18. The van der Waals surface area contributed by atoms with E-state index in [4.69, 9.17) is 0 Å². The molecular formula is C16H34Ni. The summed E-state index contributed by atoms with van der Waals surface area (Å²) in [4.78, 5) is 0. The van der Waals surface area contributed by atoms with Crippen LogP contribution in [-0.4, -0.2) is 0 Å². The Hall–Kier alpha value is 0.494. The van der Waals surface area contributed by atoms with Gasteiger partial charge in [0.1, 0.15) is 0 Å². The van der Waals surface area contributed by atoms with Crippen molar-refractivity contribution >= 4 is 0 Å². The Kier molecular flexibility index (Phi) is 33.8. The Balaban J connectivity index is -0.000000218. The van der Waals surface area contributed by atoms with Crippen molar-refractivity contribution in [2.75, 3.05) is 0 Å². The minimum absolute atomic E-state index is 0. The zero-order valence-corrected chi connectivity index (χ0v) is 13.2. The van der Waals surface area contributed by atoms with Gasteiger partial charge in [0.25, 0.3) is 0 Å². The van der Waals surface area contributed by atoms with E-state index < -0.39 is 0 Å². The molecule has 108 valence electrons. The van der Waals surface area contributed by atoms with Crippen LogP contribution in [0.2, 0.25) is 0 Å². The van der Waals surface area contributed by atoms with Gasteiger partial charge in [0.05, 0.1) is 0 Å². The molecule has 0 bridgehead atoms. The number of hydrogen-bond acceptors (Lipinski definition) is 0. The van der Waals surface area contributed by atoms with Gasteiger partial charge in [0.15, 0.2) is 0 Å². The fourth-order valence-electron chi connectivity index (χ4n) is 1.56. The van der Waals surface area contributed by atoms with Crippen LogP contribution >= 0.6 is 0 Å². The van der Waals surface area contributed by atoms with Crippen LogP contribution in [0.4, 0.5) is 0 Å². The van der Waals surface area contributed by atoms with E-state index in [-0.39, 0.29) is 16.5 Å². The molecule has 1 heteroatoms. The Morgan fingerprint density at radius 2 is 0.824 bits per heavy atom. The van der Waals surface area contributed by atoms with Crippen LogP contribution in [0.5, 0.6) is 0 Å². The third-order valence-corrected chi connectivity index (χ3v) is 2.71. The average Bonchev–Trinajstić information content (AvgIpc) is 2.31. The summed E-state index contributed by atoms with van der Waals surface area (Å²) >= 11 is 0. The zero-order chi connectivity index (χ0) is 12.5. The third kappa shape index (κ3) is 31.5. The van der Waals surface area contributed by atoms with Crippen LogP contribution in [0, 0.1) is 13.8 Å². The zero-order valence-electron chi connectivity index (χ0n) is 12.2. The van der Waals surface area contributed by atoms with Crippen molar-refractivity contribution in [1.82, 2.24) is 0 Å². The molecule has 0 aromatic heterocycles. The van der Waals surface area contributed by atoms with Gasteiger partial charge in [-0.3, -0.25) is 0 Å². The Labute approximate surface area is 121 Å². The van der Waals surface area contributed by atoms with Crippen LogP contribution in [0.3, 0.4) is 0 Å². The fourth-order valence-corrected chi connectivity index (χ4v) is 1.56. The van der Waals surface area contributed by atoms with E-state index >= 15 is 0 Å². The average molecular weight is 285 g/mol. The second kappa shape index (κ2) is 25.4. The van der Waals surface area contributed by atoms with Gasteiger partial charge in [-0.15, -0.1) is 0 Å². The molecule has 0 aromatic rings. The molecule has 0 aliphatic heterocycles. The first-order valence-corrected chi connectivity index (χ1v) is 7.41. The molecule has 0 saturated heterocycles. The maximum atomic E-state index is 3.78. The van der Waals surface area contributed by atoms with Gasteiger partial charge in [0.2, 0.25) is 0 Å². The number of unbranched alkanes of at least 4 members (excludes halogenated alkanes) is 10. The molecule has 0 aliphatic rings. The van der Waals surface area contributed by atoms with Crippen LogP contribution < -0.4 is 0 Å². The topological polar surface area (TPSA) is 0 Å². The van der Waals surface area contributed by atoms with E-state index in [0.29, 0.717) is 0 Å². The SMILES string of the molecule is [CH2-]CCCCCCC.[CH2-]CCCCCCC.[Ni+2]. The third-order valence-electron chi connectivity index (χ3n) is 2.71. The van der Waals surface area contributed by atoms with Crippen molar-refractivity contribution < 1.29 is 16.5 Å². The molecule has 0 aromatic carbocycles. The minimum atomic E-state index is 0. The number of rotatable bonds is 10. The molecule has 0 unspecified atom stereocenters. The summed E-state index contributed by atoms with van der Waals surface area (Å²) < 4.78 is 0. The monoisotopic (exact) mass is 284 g/mol. The van der Waals surface area contributed by atoms with Gasteiger partial charge in [-0.05, 0) is 0 Å². The quantitative estimate of drug-likeness (QED) is 0.249. The van der Waals surface area contributed by atoms with Crippen molar-refractivity contribution in [3.8, 4) is 0 Å². The molecular weight excluding hydrogens is 251 g/mol. The molecule has 0 atom stereocenters. The van der Waals surface area contributed by atoms with E-state index in [0.717, 1.165) is 12.8 Å². The molecule has 0 radical (unpaired) electrons. The summed E-state index contributed by atoms with van der Waals surface area (Å²) in [6.07, 6.45) is 16.0. The van der Waals surface area contributed by atoms with E-state index in [1.807, 2.05) is 0 Å². The second-order valence-electron chi connectivity index (χ2n) is 4.54. The fraction of sp³-hybridized carbons (Fsp3) is 0.875. The predicted molar refractivity (Wildman–Crippen MR) is 77.5 cm³/mol. The molecule has 0 amide bonds. The van der Waals surface area contributed by atoms with Crippen molar-refractivity contribution in [2.24, 2.45) is 0 Å². The summed E-state index contributed by atoms with van der Waals surface area (Å²) in [6.45, 7) is 12.0. The summed E-state index contributed by atoms with van der Waals surface area (Å²) in [7, 11) is 0. The van der Waals surface area contributed by atoms with Gasteiger partial charge >= 0.3 is 16.5 Å². The van der Waals surface area contributed by atoms with E-state index in [1.165, 1.54) is 64.2 Å². The van der Waals surface area contributed by atoms with Gasteiger partial charge < -0.3 is 13.8 Å². The molecule has 17 heavy (non-hydrogen) atoms. The van der Waals surface area contributed by atoms with Crippen molar-refractivity contribution in [2.45, 2.75) is 90.9 Å². The maximum absolute atomic E-state index is 3.78. The Morgan fingerprint density at radius 1 is 0.529 bits per heavy atom. The largest absolute Gasteiger partial charge is 2.00 e. The molecule has 0 saturated carbocycles. The van der Waals surface area contributed by atoms with Crippen molar-refractivity contribution in [1.29, 1.82) is 0 Å². The standard InChI is InChI=1S/2C8H17.Ni/c2*1-3-5-7-8-6-4-2;/h2*1,3-8H2,2H3;/q2*-1;+2. The minimum Gasteiger partial charge on any atom is -0.343 e. The first-order valence-electron chi connectivity index (χ1n) is 7.41. The molecule has 0 spiro atoms. The molecule has 0 heterocycles. The first kappa shape index (κ1) is 22.7. The van der Waals surface area contributed by atoms with Crippen LogP contribution in [0.15, 0.2) is 0 Å². The van der Waals surface area contributed by atoms with Gasteiger partial charge in [-0.1, -0.05) is 78.1 Å². The molecule has 0 aliphatic carbocycles. The van der Waals surface area contributed by atoms with Gasteiger partial charge in [0, 0.05) is 0 Å². The molecule has 0 N–H and O–H groups in total. The summed E-state index contributed by atoms with van der Waals surface area (Å²) in [5.41, 5.74) is 0. The summed E-state index contributed by atoms with van der Waals surface area (Å²) in [6, 6.07) is 0. The smallest absolute Gasteiger partial charge is 0.343 e. The van der Waals surface area contributed by atoms with Crippen molar-refractivity contribution in [3.05, 3.63) is 13.8 Å². The molecule has 0 rings (SSSR count). The van der Waals surface area contributed by atoms with Crippen LogP contribution in [0.25, 0.3) is 0 Å². The predicted octanol–water partition coefficient (Wildman–Crippen LogP) is 6.36. The van der Waals surface area contributed by atoms with Gasteiger partial charge in [-0.25, -0.2) is 0 Å². The van der Waals surface area contributed by atoms with Crippen molar-refractivity contribution in [3.63, 3.8) is 0 Å². The number of hydrogen-bond donors (Lipinski definition) is 0. The summed E-state index contributed by atoms with van der Waals surface area (Å²) in [5, 5.41) is 0. The van der Waals surface area contributed by atoms with Crippen LogP contribution in [-0.2, 0) is 16.5 Å². The van der Waals surface area contributed by atoms with E-state index in [1.54, 1.807) is 0 Å². The summed E-state index contributed by atoms with van der Waals surface area (Å²) in [5.74, 6) is 0. The maximum Gasteiger partial charge on any atom is 2.00 e. The molecule has 0 nitrogen and oxygen atoms in total. The molecule has 0 fully saturated rings. The first-order chi connectivity index (χ1) is 7.83. The van der Waals surface area contributed by atoms with E-state index in [2.05, 4.69) is 27.7 Å². The Morgan fingerprint density at radius 3 is 1.06 bits per heavy atom. The Bertz CT molecular complexity index is 67.5. The van der Waals surface area contributed by atoms with E-state index in [9.17, 15) is 0 Å². The van der Waals surface area contributed by atoms with Crippen LogP contribution in [0.1, 0.15) is 90.9 Å². The second-order valence-corrected chi connectivity index (χ2v) is 4.54. The van der Waals surface area contributed by atoms with Gasteiger partial charge in [-0.2, -0.15) is 12.8 Å².